The fraction of sp³-hybridized carbons (Fsp3) is 0.280. The Morgan fingerprint density at radius 2 is 1.91 bits per heavy atom. The lowest BCUT2D eigenvalue weighted by molar-refractivity contribution is -0.384. The molecule has 3 rings (SSSR count). The van der Waals surface area contributed by atoms with Gasteiger partial charge in [0, 0.05) is 23.5 Å². The molecule has 0 radical (unpaired) electrons. The Morgan fingerprint density at radius 3 is 2.48 bits per heavy atom. The van der Waals surface area contributed by atoms with Gasteiger partial charge in [0.2, 0.25) is 0 Å². The van der Waals surface area contributed by atoms with Crippen molar-refractivity contribution < 1.29 is 18.8 Å². The number of carbonyl (C=O) groups excluding carboxylic acids is 1. The van der Waals surface area contributed by atoms with Crippen LogP contribution in [0.3, 0.4) is 0 Å². The standard InChI is InChI=1S/C25H24FN3O4/c1-3-33-25(30)24-22(14-13-21(26)17-7-5-4-6-8-17)28-16(2)20(15-27)23(24)18-9-11-19(12-10-18)29(31)32/h4-12,21,23,28H,3,13-14H2,1-2H3. The number of nitrogens with zero attached hydrogens (tertiary/aromatic N) is 2. The number of alkyl halides is 1. The first kappa shape index (κ1) is 23.7. The number of ether oxygens (including phenoxy) is 1. The van der Waals surface area contributed by atoms with Crippen molar-refractivity contribution >= 4 is 11.7 Å². The maximum atomic E-state index is 14.9. The van der Waals surface area contributed by atoms with E-state index in [2.05, 4.69) is 11.4 Å². The number of nitrogens with one attached hydrogen (secondary N) is 1. The molecule has 2 aromatic rings. The highest BCUT2D eigenvalue weighted by Crippen LogP contribution is 2.40. The minimum absolute atomic E-state index is 0.100. The van der Waals surface area contributed by atoms with Crippen LogP contribution in [0.1, 0.15) is 49.9 Å². The first-order valence-corrected chi connectivity index (χ1v) is 10.6. The van der Waals surface area contributed by atoms with Crippen molar-refractivity contribution in [1.29, 1.82) is 5.26 Å². The van der Waals surface area contributed by atoms with Crippen LogP contribution in [0.25, 0.3) is 0 Å². The zero-order chi connectivity index (χ0) is 24.0. The summed E-state index contributed by atoms with van der Waals surface area (Å²) >= 11 is 0. The lowest BCUT2D eigenvalue weighted by Gasteiger charge is -2.30. The molecule has 1 N–H and O–H groups in total. The number of halogens is 1. The molecule has 2 atom stereocenters. The predicted octanol–water partition coefficient (Wildman–Crippen LogP) is 5.39. The Morgan fingerprint density at radius 1 is 1.24 bits per heavy atom. The molecule has 1 aliphatic rings. The molecule has 0 aromatic heterocycles. The Kier molecular flexibility index (Phi) is 7.57. The lowest BCUT2D eigenvalue weighted by atomic mass is 9.80. The van der Waals surface area contributed by atoms with Gasteiger partial charge in [-0.15, -0.1) is 0 Å². The molecule has 0 saturated heterocycles. The third-order valence-corrected chi connectivity index (χ3v) is 5.51. The second kappa shape index (κ2) is 10.6. The molecule has 0 spiro atoms. The average molecular weight is 449 g/mol. The third kappa shape index (κ3) is 5.26. The number of hydrogen-bond donors (Lipinski definition) is 1. The van der Waals surface area contributed by atoms with Crippen molar-refractivity contribution in [3.63, 3.8) is 0 Å². The number of rotatable bonds is 8. The zero-order valence-electron chi connectivity index (χ0n) is 18.4. The number of dihydropyridines is 1. The Labute approximate surface area is 191 Å². The fourth-order valence-electron chi connectivity index (χ4n) is 3.91. The van der Waals surface area contributed by atoms with E-state index in [0.717, 1.165) is 0 Å². The monoisotopic (exact) mass is 449 g/mol. The summed E-state index contributed by atoms with van der Waals surface area (Å²) in [5.74, 6) is -1.39. The molecule has 0 saturated carbocycles. The number of non-ortho nitro benzene ring substituents is 1. The molecular weight excluding hydrogens is 425 g/mol. The molecule has 0 bridgehead atoms. The first-order valence-electron chi connectivity index (χ1n) is 10.6. The molecule has 1 heterocycles. The van der Waals surface area contributed by atoms with Gasteiger partial charge in [-0.05, 0) is 37.8 Å². The van der Waals surface area contributed by atoms with Gasteiger partial charge >= 0.3 is 5.97 Å². The molecule has 8 heteroatoms. The minimum atomic E-state index is -1.23. The van der Waals surface area contributed by atoms with Gasteiger partial charge in [-0.3, -0.25) is 10.1 Å². The predicted molar refractivity (Wildman–Crippen MR) is 120 cm³/mol. The molecule has 2 aromatic carbocycles. The van der Waals surface area contributed by atoms with Crippen LogP contribution in [-0.2, 0) is 9.53 Å². The van der Waals surface area contributed by atoms with Crippen LogP contribution in [0.15, 0.2) is 77.1 Å². The number of esters is 1. The van der Waals surface area contributed by atoms with Gasteiger partial charge in [-0.1, -0.05) is 42.5 Å². The molecule has 0 amide bonds. The zero-order valence-corrected chi connectivity index (χ0v) is 18.4. The second-order valence-electron chi connectivity index (χ2n) is 7.59. The number of benzene rings is 2. The van der Waals surface area contributed by atoms with Crippen LogP contribution >= 0.6 is 0 Å². The van der Waals surface area contributed by atoms with Gasteiger partial charge in [-0.25, -0.2) is 9.18 Å². The molecule has 1 aliphatic heterocycles. The third-order valence-electron chi connectivity index (χ3n) is 5.51. The number of hydrogen-bond acceptors (Lipinski definition) is 6. The summed E-state index contributed by atoms with van der Waals surface area (Å²) in [7, 11) is 0. The van der Waals surface area contributed by atoms with Crippen LogP contribution in [-0.4, -0.2) is 17.5 Å². The highest BCUT2D eigenvalue weighted by Gasteiger charge is 2.35. The van der Waals surface area contributed by atoms with E-state index in [1.165, 1.54) is 24.3 Å². The van der Waals surface area contributed by atoms with Gasteiger partial charge in [0.25, 0.3) is 5.69 Å². The normalized spacial score (nSPS) is 16.6. The van der Waals surface area contributed by atoms with Crippen LogP contribution in [0.4, 0.5) is 10.1 Å². The van der Waals surface area contributed by atoms with Crippen LogP contribution in [0.5, 0.6) is 0 Å². The lowest BCUT2D eigenvalue weighted by Crippen LogP contribution is -2.30. The molecule has 2 unspecified atom stereocenters. The fourth-order valence-corrected chi connectivity index (χ4v) is 3.91. The van der Waals surface area contributed by atoms with Gasteiger partial charge in [0.1, 0.15) is 6.17 Å². The van der Waals surface area contributed by atoms with E-state index in [0.29, 0.717) is 28.1 Å². The Bertz CT molecular complexity index is 1130. The Hall–Kier alpha value is -3.99. The van der Waals surface area contributed by atoms with Gasteiger partial charge < -0.3 is 10.1 Å². The minimum Gasteiger partial charge on any atom is -0.463 e. The summed E-state index contributed by atoms with van der Waals surface area (Å²) < 4.78 is 20.1. The van der Waals surface area contributed by atoms with E-state index in [4.69, 9.17) is 4.74 Å². The molecule has 33 heavy (non-hydrogen) atoms. The first-order chi connectivity index (χ1) is 15.9. The highest BCUT2D eigenvalue weighted by atomic mass is 19.1. The maximum absolute atomic E-state index is 14.9. The summed E-state index contributed by atoms with van der Waals surface area (Å²) in [4.78, 5) is 23.5. The number of allylic oxidation sites excluding steroid dienone is 3. The summed E-state index contributed by atoms with van der Waals surface area (Å²) in [6.45, 7) is 3.51. The van der Waals surface area contributed by atoms with Gasteiger partial charge in [0.05, 0.1) is 34.7 Å². The second-order valence-corrected chi connectivity index (χ2v) is 7.59. The largest absolute Gasteiger partial charge is 0.463 e. The number of nitro groups is 1. The summed E-state index contributed by atoms with van der Waals surface area (Å²) in [5.41, 5.74) is 2.52. The maximum Gasteiger partial charge on any atom is 0.336 e. The van der Waals surface area contributed by atoms with Crippen LogP contribution in [0, 0.1) is 21.4 Å². The van der Waals surface area contributed by atoms with Crippen molar-refractivity contribution in [2.75, 3.05) is 6.61 Å². The van der Waals surface area contributed by atoms with Crippen molar-refractivity contribution in [3.05, 3.63) is 98.4 Å². The number of nitriles is 1. The molecule has 0 aliphatic carbocycles. The van der Waals surface area contributed by atoms with Gasteiger partial charge in [-0.2, -0.15) is 5.26 Å². The number of carbonyl (C=O) groups is 1. The van der Waals surface area contributed by atoms with Gasteiger partial charge in [0.15, 0.2) is 0 Å². The topological polar surface area (TPSA) is 105 Å². The van der Waals surface area contributed by atoms with E-state index < -0.39 is 23.0 Å². The summed E-state index contributed by atoms with van der Waals surface area (Å²) in [6.07, 6.45) is -0.898. The smallest absolute Gasteiger partial charge is 0.336 e. The molecule has 7 nitrogen and oxygen atoms in total. The highest BCUT2D eigenvalue weighted by molar-refractivity contribution is 5.93. The summed E-state index contributed by atoms with van der Waals surface area (Å²) in [6, 6.07) is 16.6. The SMILES string of the molecule is CCOC(=O)C1=C(CCC(F)c2ccccc2)NC(C)=C(C#N)C1c1ccc([N+](=O)[O-])cc1. The van der Waals surface area contributed by atoms with E-state index in [1.54, 1.807) is 38.1 Å². The van der Waals surface area contributed by atoms with Crippen molar-refractivity contribution in [2.24, 2.45) is 0 Å². The van der Waals surface area contributed by atoms with E-state index >= 15 is 0 Å². The van der Waals surface area contributed by atoms with E-state index in [9.17, 15) is 24.6 Å². The van der Waals surface area contributed by atoms with E-state index in [1.807, 2.05) is 6.07 Å². The van der Waals surface area contributed by atoms with Crippen molar-refractivity contribution in [1.82, 2.24) is 5.32 Å². The van der Waals surface area contributed by atoms with Crippen molar-refractivity contribution in [2.45, 2.75) is 38.8 Å². The van der Waals surface area contributed by atoms with Crippen LogP contribution < -0.4 is 5.32 Å². The van der Waals surface area contributed by atoms with Crippen LogP contribution in [0.2, 0.25) is 0 Å². The molecular formula is C25H24FN3O4. The average Bonchev–Trinajstić information content (AvgIpc) is 2.82. The van der Waals surface area contributed by atoms with Crippen molar-refractivity contribution in [3.8, 4) is 6.07 Å². The molecule has 170 valence electrons. The Balaban J connectivity index is 2.03. The molecule has 0 fully saturated rings. The number of nitro benzene ring substituents is 1. The summed E-state index contributed by atoms with van der Waals surface area (Å²) in [5, 5.41) is 24.0. The van der Waals surface area contributed by atoms with E-state index in [-0.39, 0.29) is 30.7 Å². The quantitative estimate of drug-likeness (QED) is 0.329.